The second-order valence-electron chi connectivity index (χ2n) is 7.60. The predicted molar refractivity (Wildman–Crippen MR) is 130 cm³/mol. The molecule has 4 rings (SSSR count). The van der Waals surface area contributed by atoms with Gasteiger partial charge in [0.25, 0.3) is 0 Å². The van der Waals surface area contributed by atoms with Crippen LogP contribution < -0.4 is 36.3 Å². The molecule has 0 saturated carbocycles. The van der Waals surface area contributed by atoms with Gasteiger partial charge in [-0.1, -0.05) is 23.4 Å². The molecule has 1 fully saturated rings. The maximum atomic E-state index is 13.3. The van der Waals surface area contributed by atoms with Crippen LogP contribution in [0.3, 0.4) is 0 Å². The van der Waals surface area contributed by atoms with Gasteiger partial charge in [0.15, 0.2) is 5.84 Å². The highest BCUT2D eigenvalue weighted by molar-refractivity contribution is 7.98. The number of nitrogens with zero attached hydrogens (tertiary/aromatic N) is 4. The Labute approximate surface area is 200 Å². The zero-order valence-corrected chi connectivity index (χ0v) is 19.7. The number of hydrazine groups is 2. The summed E-state index contributed by atoms with van der Waals surface area (Å²) in [5.74, 6) is 4.74. The molecule has 1 saturated heterocycles. The van der Waals surface area contributed by atoms with Gasteiger partial charge in [0.2, 0.25) is 10.0 Å². The number of sulfonamides is 1. The van der Waals surface area contributed by atoms with E-state index in [2.05, 4.69) is 31.2 Å². The van der Waals surface area contributed by atoms with E-state index in [1.165, 1.54) is 6.07 Å². The van der Waals surface area contributed by atoms with Gasteiger partial charge in [0.1, 0.15) is 10.6 Å². The van der Waals surface area contributed by atoms with Gasteiger partial charge < -0.3 is 11.2 Å². The second-order valence-corrected chi connectivity index (χ2v) is 9.84. The molecule has 0 amide bonds. The Kier molecular flexibility index (Phi) is 6.89. The van der Waals surface area contributed by atoms with Crippen LogP contribution in [0, 0.1) is 5.41 Å². The largest absolute Gasteiger partial charge is 0.315 e. The molecule has 0 spiro atoms. The number of hydrogen-bond acceptors (Lipinski definition) is 12. The summed E-state index contributed by atoms with van der Waals surface area (Å²) in [4.78, 5) is -0.272. The lowest BCUT2D eigenvalue weighted by molar-refractivity contribution is 0.329. The molecule has 2 heterocycles. The monoisotopic (exact) mass is 507 g/mol. The number of rotatable bonds is 7. The van der Waals surface area contributed by atoms with Crippen LogP contribution in [0.2, 0.25) is 0 Å². The summed E-state index contributed by atoms with van der Waals surface area (Å²) >= 11 is 0.378. The number of nitrogens with two attached hydrogens (primary N) is 2. The Bertz CT molecular complexity index is 1230. The van der Waals surface area contributed by atoms with Gasteiger partial charge in [-0.15, -0.1) is 10.2 Å². The van der Waals surface area contributed by atoms with Crippen molar-refractivity contribution in [1.29, 1.82) is 5.41 Å². The number of nitrogens with one attached hydrogen (secondary N) is 5. The highest BCUT2D eigenvalue weighted by Gasteiger charge is 2.32. The highest BCUT2D eigenvalue weighted by atomic mass is 32.2. The van der Waals surface area contributed by atoms with E-state index in [1.54, 1.807) is 30.4 Å². The molecule has 1 atom stereocenters. The van der Waals surface area contributed by atoms with Crippen LogP contribution in [0.5, 0.6) is 0 Å². The van der Waals surface area contributed by atoms with Crippen LogP contribution in [0.4, 0.5) is 17.1 Å². The van der Waals surface area contributed by atoms with E-state index in [0.29, 0.717) is 52.9 Å². The number of hydrogen-bond donors (Lipinski definition) is 8. The van der Waals surface area contributed by atoms with E-state index in [1.807, 2.05) is 6.07 Å². The summed E-state index contributed by atoms with van der Waals surface area (Å²) in [6, 6.07) is 8.03. The minimum absolute atomic E-state index is 0.0215. The average molecular weight is 508 g/mol. The van der Waals surface area contributed by atoms with Crippen molar-refractivity contribution in [2.75, 3.05) is 35.5 Å². The van der Waals surface area contributed by atoms with Crippen LogP contribution in [-0.2, 0) is 10.0 Å². The molecule has 0 bridgehead atoms. The molecule has 0 aliphatic carbocycles. The van der Waals surface area contributed by atoms with Crippen molar-refractivity contribution in [3.05, 3.63) is 35.9 Å². The van der Waals surface area contributed by atoms with Gasteiger partial charge in [0, 0.05) is 25.2 Å². The Morgan fingerprint density at radius 2 is 2.12 bits per heavy atom. The summed E-state index contributed by atoms with van der Waals surface area (Å²) in [6.45, 7) is 1.17. The van der Waals surface area contributed by atoms with Crippen LogP contribution in [0.1, 0.15) is 12.0 Å². The standard InChI is InChI=1S/C18H25N11O3S2/c1-28-24-13-4-2-3-12(16(13)25-28)11-5-6-14(34(31,32)26-10-7-8-22-9-10)17(29(30)33-21)15(11)18(19)23-27-20/h2-6,10,22,24-26,30H,7-9,21H2,1H3,(H3,19,20,23). The molecule has 0 aromatic heterocycles. The first kappa shape index (κ1) is 24.1. The number of amidine groups is 1. The molecule has 2 aliphatic heterocycles. The molecular weight excluding hydrogens is 482 g/mol. The van der Waals surface area contributed by atoms with Crippen molar-refractivity contribution >= 4 is 45.1 Å². The zero-order valence-electron chi connectivity index (χ0n) is 18.1. The van der Waals surface area contributed by atoms with Crippen molar-refractivity contribution in [3.63, 3.8) is 0 Å². The fourth-order valence-corrected chi connectivity index (χ4v) is 5.82. The number of fused-ring (bicyclic) bond motifs is 1. The third-order valence-corrected chi connectivity index (χ3v) is 7.35. The molecule has 2 aliphatic rings. The molecular formula is C18H25N11O3S2. The lowest BCUT2D eigenvalue weighted by atomic mass is 9.95. The van der Waals surface area contributed by atoms with E-state index in [-0.39, 0.29) is 22.2 Å². The Balaban J connectivity index is 1.96. The number of benzene rings is 2. The lowest BCUT2D eigenvalue weighted by Crippen LogP contribution is -2.37. The number of para-hydroxylation sites is 1. The first-order valence-electron chi connectivity index (χ1n) is 10.1. The summed E-state index contributed by atoms with van der Waals surface area (Å²) in [5, 5.41) is 36.3. The van der Waals surface area contributed by atoms with E-state index in [9.17, 15) is 13.6 Å². The quantitative estimate of drug-likeness (QED) is 0.0660. The zero-order chi connectivity index (χ0) is 24.5. The molecule has 14 nitrogen and oxygen atoms in total. The molecule has 1 unspecified atom stereocenters. The first-order chi connectivity index (χ1) is 16.3. The van der Waals surface area contributed by atoms with Crippen molar-refractivity contribution in [3.8, 4) is 11.1 Å². The topological polar surface area (TPSA) is 210 Å². The maximum Gasteiger partial charge on any atom is 0.243 e. The van der Waals surface area contributed by atoms with E-state index < -0.39 is 15.9 Å². The third kappa shape index (κ3) is 4.51. The Hall–Kier alpha value is -2.99. The van der Waals surface area contributed by atoms with E-state index in [4.69, 9.17) is 16.4 Å². The van der Waals surface area contributed by atoms with E-state index >= 15 is 0 Å². The van der Waals surface area contributed by atoms with Gasteiger partial charge >= 0.3 is 0 Å². The molecule has 16 heteroatoms. The van der Waals surface area contributed by atoms with Crippen LogP contribution in [-0.4, -0.2) is 50.8 Å². The van der Waals surface area contributed by atoms with Gasteiger partial charge in [-0.3, -0.25) is 26.6 Å². The summed E-state index contributed by atoms with van der Waals surface area (Å²) in [5.41, 5.74) is 8.48. The third-order valence-electron chi connectivity index (χ3n) is 5.42. The van der Waals surface area contributed by atoms with Crippen molar-refractivity contribution in [1.82, 2.24) is 15.2 Å². The average Bonchev–Trinajstić information content (AvgIpc) is 3.45. The predicted octanol–water partition coefficient (Wildman–Crippen LogP) is 0.962. The Morgan fingerprint density at radius 3 is 2.79 bits per heavy atom. The maximum absolute atomic E-state index is 13.3. The molecule has 2 aromatic rings. The summed E-state index contributed by atoms with van der Waals surface area (Å²) in [7, 11) is -2.34. The smallest absolute Gasteiger partial charge is 0.243 e. The minimum Gasteiger partial charge on any atom is -0.315 e. The normalized spacial score (nSPS) is 18.0. The summed E-state index contributed by atoms with van der Waals surface area (Å²) in [6.07, 6.45) is 0.619. The Morgan fingerprint density at radius 1 is 1.32 bits per heavy atom. The van der Waals surface area contributed by atoms with Gasteiger partial charge in [-0.05, 0) is 30.7 Å². The highest BCUT2D eigenvalue weighted by Crippen LogP contribution is 2.44. The van der Waals surface area contributed by atoms with Gasteiger partial charge in [-0.2, -0.15) is 4.47 Å². The fraction of sp³-hybridized carbons (Fsp3) is 0.278. The first-order valence-corrected chi connectivity index (χ1v) is 12.4. The summed E-state index contributed by atoms with van der Waals surface area (Å²) < 4.78 is 29.8. The van der Waals surface area contributed by atoms with Crippen molar-refractivity contribution < 1.29 is 13.6 Å². The van der Waals surface area contributed by atoms with Crippen LogP contribution in [0.15, 0.2) is 45.6 Å². The van der Waals surface area contributed by atoms with Crippen LogP contribution in [0.25, 0.3) is 11.1 Å². The van der Waals surface area contributed by atoms with Crippen molar-refractivity contribution in [2.24, 2.45) is 21.3 Å². The molecule has 2 aromatic carbocycles. The lowest BCUT2D eigenvalue weighted by Gasteiger charge is -2.24. The van der Waals surface area contributed by atoms with Crippen LogP contribution >= 0.6 is 12.1 Å². The molecule has 10 N–H and O–H groups in total. The molecule has 182 valence electrons. The van der Waals surface area contributed by atoms with Crippen molar-refractivity contribution in [2.45, 2.75) is 17.4 Å². The molecule has 34 heavy (non-hydrogen) atoms. The second kappa shape index (κ2) is 9.71. The molecule has 0 radical (unpaired) electrons. The van der Waals surface area contributed by atoms with Gasteiger partial charge in [0.05, 0.1) is 29.1 Å². The van der Waals surface area contributed by atoms with E-state index in [0.717, 1.165) is 5.69 Å². The fourth-order valence-electron chi connectivity index (χ4n) is 4.01. The van der Waals surface area contributed by atoms with Gasteiger partial charge in [-0.25, -0.2) is 13.1 Å². The minimum atomic E-state index is -4.12. The SMILES string of the molecule is CN1Nc2cccc(-c3ccc(S(=O)(=O)NC4CCNC4)c(N(O)SN)c3C(=N)N=NN)c2N1. The number of anilines is 3.